The molecule has 122 valence electrons. The number of hydrogen-bond acceptors (Lipinski definition) is 5. The van der Waals surface area contributed by atoms with Crippen LogP contribution in [0.4, 0.5) is 0 Å². The van der Waals surface area contributed by atoms with E-state index in [0.29, 0.717) is 12.8 Å². The summed E-state index contributed by atoms with van der Waals surface area (Å²) in [5.74, 6) is 0. The molecular formula is C16H24N2O3S. The highest BCUT2D eigenvalue weighted by molar-refractivity contribution is 7.86. The third-order valence-electron chi connectivity index (χ3n) is 3.20. The number of rotatable bonds is 10. The van der Waals surface area contributed by atoms with Gasteiger partial charge in [0.05, 0.1) is 18.4 Å². The molecule has 0 fully saturated rings. The molecule has 0 aromatic heterocycles. The monoisotopic (exact) mass is 324 g/mol. The Balaban J connectivity index is 2.52. The van der Waals surface area contributed by atoms with Gasteiger partial charge in [-0.2, -0.15) is 13.7 Å². The highest BCUT2D eigenvalue weighted by atomic mass is 32.2. The fourth-order valence-electron chi connectivity index (χ4n) is 2.20. The Morgan fingerprint density at radius 1 is 1.27 bits per heavy atom. The van der Waals surface area contributed by atoms with Gasteiger partial charge in [0.25, 0.3) is 10.1 Å². The number of unbranched alkanes of at least 4 members (excludes halogenated alkanes) is 1. The van der Waals surface area contributed by atoms with Gasteiger partial charge in [0.2, 0.25) is 0 Å². The van der Waals surface area contributed by atoms with Gasteiger partial charge in [-0.1, -0.05) is 30.3 Å². The zero-order valence-electron chi connectivity index (χ0n) is 13.2. The predicted molar refractivity (Wildman–Crippen MR) is 86.6 cm³/mol. The Kier molecular flexibility index (Phi) is 8.10. The van der Waals surface area contributed by atoms with Crippen LogP contribution in [0.5, 0.6) is 0 Å². The van der Waals surface area contributed by atoms with Crippen molar-refractivity contribution in [1.82, 2.24) is 4.90 Å². The lowest BCUT2D eigenvalue weighted by Gasteiger charge is -2.23. The molecule has 0 N–H and O–H groups in total. The van der Waals surface area contributed by atoms with E-state index in [2.05, 4.69) is 23.1 Å². The molecule has 0 aliphatic heterocycles. The molecule has 0 aliphatic rings. The van der Waals surface area contributed by atoms with E-state index in [9.17, 15) is 8.42 Å². The summed E-state index contributed by atoms with van der Waals surface area (Å²) in [5, 5.41) is 8.66. The summed E-state index contributed by atoms with van der Waals surface area (Å²) in [6.07, 6.45) is 2.69. The van der Waals surface area contributed by atoms with E-state index in [-0.39, 0.29) is 6.10 Å². The third kappa shape index (κ3) is 8.78. The lowest BCUT2D eigenvalue weighted by atomic mass is 10.2. The van der Waals surface area contributed by atoms with Gasteiger partial charge >= 0.3 is 0 Å². The zero-order valence-corrected chi connectivity index (χ0v) is 14.1. The van der Waals surface area contributed by atoms with E-state index in [1.807, 2.05) is 18.2 Å². The van der Waals surface area contributed by atoms with Gasteiger partial charge < -0.3 is 0 Å². The van der Waals surface area contributed by atoms with Gasteiger partial charge in [0.15, 0.2) is 0 Å². The van der Waals surface area contributed by atoms with Crippen molar-refractivity contribution in [1.29, 1.82) is 5.26 Å². The van der Waals surface area contributed by atoms with Gasteiger partial charge in [-0.25, -0.2) is 0 Å². The summed E-state index contributed by atoms with van der Waals surface area (Å²) in [6.45, 7) is 4.10. The minimum absolute atomic E-state index is 0.343. The number of benzene rings is 1. The first-order valence-electron chi connectivity index (χ1n) is 7.42. The molecular weight excluding hydrogens is 300 g/mol. The molecule has 1 rings (SSSR count). The van der Waals surface area contributed by atoms with Crippen molar-refractivity contribution in [3.8, 4) is 6.07 Å². The van der Waals surface area contributed by atoms with Crippen LogP contribution in [0, 0.1) is 11.3 Å². The van der Waals surface area contributed by atoms with E-state index < -0.39 is 10.1 Å². The molecule has 0 radical (unpaired) electrons. The SMILES string of the molecule is C[C@H](CCN(CCCC#N)Cc1ccccc1)OS(C)(=O)=O. The molecule has 6 heteroatoms. The summed E-state index contributed by atoms with van der Waals surface area (Å²) < 4.78 is 27.2. The van der Waals surface area contributed by atoms with Crippen LogP contribution in [0.3, 0.4) is 0 Å². The van der Waals surface area contributed by atoms with Crippen molar-refractivity contribution >= 4 is 10.1 Å². The van der Waals surface area contributed by atoms with Gasteiger partial charge in [-0.3, -0.25) is 9.08 Å². The number of hydrogen-bond donors (Lipinski definition) is 0. The molecule has 5 nitrogen and oxygen atoms in total. The van der Waals surface area contributed by atoms with E-state index in [0.717, 1.165) is 32.3 Å². The Labute approximate surface area is 133 Å². The van der Waals surface area contributed by atoms with Crippen molar-refractivity contribution in [3.63, 3.8) is 0 Å². The van der Waals surface area contributed by atoms with Crippen molar-refractivity contribution in [3.05, 3.63) is 35.9 Å². The molecule has 22 heavy (non-hydrogen) atoms. The van der Waals surface area contributed by atoms with Crippen LogP contribution in [0.1, 0.15) is 31.7 Å². The highest BCUT2D eigenvalue weighted by Crippen LogP contribution is 2.09. The largest absolute Gasteiger partial charge is 0.299 e. The normalized spacial score (nSPS) is 13.0. The number of nitrogens with zero attached hydrogens (tertiary/aromatic N) is 2. The Morgan fingerprint density at radius 2 is 1.95 bits per heavy atom. The Morgan fingerprint density at radius 3 is 2.55 bits per heavy atom. The molecule has 0 saturated carbocycles. The van der Waals surface area contributed by atoms with E-state index in [1.54, 1.807) is 6.92 Å². The van der Waals surface area contributed by atoms with Crippen LogP contribution in [-0.4, -0.2) is 38.8 Å². The Bertz CT molecular complexity index is 567. The third-order valence-corrected chi connectivity index (χ3v) is 3.88. The van der Waals surface area contributed by atoms with Gasteiger partial charge in [0.1, 0.15) is 0 Å². The van der Waals surface area contributed by atoms with Crippen LogP contribution >= 0.6 is 0 Å². The van der Waals surface area contributed by atoms with Crippen LogP contribution in [0.2, 0.25) is 0 Å². The van der Waals surface area contributed by atoms with Gasteiger partial charge in [-0.15, -0.1) is 0 Å². The predicted octanol–water partition coefficient (Wildman–Crippen LogP) is 2.55. The average Bonchev–Trinajstić information content (AvgIpc) is 2.44. The van der Waals surface area contributed by atoms with Crippen LogP contribution in [0.15, 0.2) is 30.3 Å². The van der Waals surface area contributed by atoms with Gasteiger partial charge in [0, 0.05) is 19.5 Å². The van der Waals surface area contributed by atoms with Crippen LogP contribution < -0.4 is 0 Å². The minimum atomic E-state index is -3.41. The zero-order chi connectivity index (χ0) is 16.4. The fraction of sp³-hybridized carbons (Fsp3) is 0.562. The summed E-state index contributed by atoms with van der Waals surface area (Å²) in [5.41, 5.74) is 1.20. The molecule has 0 spiro atoms. The highest BCUT2D eigenvalue weighted by Gasteiger charge is 2.13. The molecule has 0 saturated heterocycles. The Hall–Kier alpha value is -1.42. The fourth-order valence-corrected chi connectivity index (χ4v) is 2.90. The van der Waals surface area contributed by atoms with Crippen molar-refractivity contribution in [2.45, 2.75) is 38.8 Å². The second kappa shape index (κ2) is 9.57. The van der Waals surface area contributed by atoms with Crippen LogP contribution in [0.25, 0.3) is 0 Å². The molecule has 1 aromatic rings. The molecule has 0 unspecified atom stereocenters. The average molecular weight is 324 g/mol. The maximum Gasteiger partial charge on any atom is 0.264 e. The first-order chi connectivity index (χ1) is 10.4. The van der Waals surface area contributed by atoms with Crippen molar-refractivity contribution in [2.75, 3.05) is 19.3 Å². The lowest BCUT2D eigenvalue weighted by Crippen LogP contribution is -2.28. The second-order valence-corrected chi connectivity index (χ2v) is 7.02. The molecule has 1 atom stereocenters. The number of nitriles is 1. The molecule has 0 bridgehead atoms. The van der Waals surface area contributed by atoms with E-state index in [4.69, 9.17) is 9.44 Å². The lowest BCUT2D eigenvalue weighted by molar-refractivity contribution is 0.178. The second-order valence-electron chi connectivity index (χ2n) is 5.42. The molecule has 0 heterocycles. The van der Waals surface area contributed by atoms with Crippen molar-refractivity contribution in [2.24, 2.45) is 0 Å². The minimum Gasteiger partial charge on any atom is -0.299 e. The molecule has 1 aromatic carbocycles. The molecule has 0 aliphatic carbocycles. The summed E-state index contributed by atoms with van der Waals surface area (Å²) >= 11 is 0. The quantitative estimate of drug-likeness (QED) is 0.488. The first-order valence-corrected chi connectivity index (χ1v) is 9.24. The maximum absolute atomic E-state index is 11.1. The topological polar surface area (TPSA) is 70.4 Å². The maximum atomic E-state index is 11.1. The van der Waals surface area contributed by atoms with E-state index >= 15 is 0 Å². The summed E-state index contributed by atoms with van der Waals surface area (Å²) in [6, 6.07) is 12.3. The van der Waals surface area contributed by atoms with E-state index in [1.165, 1.54) is 5.56 Å². The van der Waals surface area contributed by atoms with Crippen LogP contribution in [-0.2, 0) is 20.8 Å². The molecule has 0 amide bonds. The van der Waals surface area contributed by atoms with Gasteiger partial charge in [-0.05, 0) is 31.9 Å². The van der Waals surface area contributed by atoms with Crippen molar-refractivity contribution < 1.29 is 12.6 Å². The smallest absolute Gasteiger partial charge is 0.264 e. The summed E-state index contributed by atoms with van der Waals surface area (Å²) in [7, 11) is -3.41. The first kappa shape index (κ1) is 18.6. The standard InChI is InChI=1S/C16H24N2O3S/c1-15(21-22(2,19)20)10-13-18(12-7-6-11-17)14-16-8-4-3-5-9-16/h3-5,8-9,15H,6-7,10,12-14H2,1-2H3/t15-/m1/s1. The summed E-state index contributed by atoms with van der Waals surface area (Å²) in [4.78, 5) is 2.23.